The monoisotopic (exact) mass is 380 g/mol. The molecule has 1 aliphatic rings. The standard InChI is InChI=1S/C20H20N4O2S/c21-20(26)22-14-10-8-13(9-11-14)19(25)24-12-4-3-6-16(24)18-23-15-5-1-2-7-17(15)27-18/h1-2,5,7-11,16H,3-4,6,12H2,(H3,21,22,26). The maximum absolute atomic E-state index is 13.1. The summed E-state index contributed by atoms with van der Waals surface area (Å²) in [5, 5.41) is 3.50. The number of nitrogens with zero attached hydrogens (tertiary/aromatic N) is 2. The molecule has 2 aromatic carbocycles. The molecule has 138 valence electrons. The maximum Gasteiger partial charge on any atom is 0.316 e. The lowest BCUT2D eigenvalue weighted by molar-refractivity contribution is 0.0611. The van der Waals surface area contributed by atoms with E-state index in [1.165, 1.54) is 0 Å². The summed E-state index contributed by atoms with van der Waals surface area (Å²) in [6.07, 6.45) is 3.01. The number of nitrogens with two attached hydrogens (primary N) is 1. The molecule has 7 heteroatoms. The summed E-state index contributed by atoms with van der Waals surface area (Å²) < 4.78 is 1.15. The molecule has 0 bridgehead atoms. The quantitative estimate of drug-likeness (QED) is 0.715. The highest BCUT2D eigenvalue weighted by atomic mass is 32.1. The molecule has 2 heterocycles. The summed E-state index contributed by atoms with van der Waals surface area (Å²) in [6.45, 7) is 0.723. The molecule has 0 spiro atoms. The lowest BCUT2D eigenvalue weighted by Gasteiger charge is -2.34. The van der Waals surface area contributed by atoms with E-state index in [1.807, 2.05) is 23.1 Å². The molecule has 1 aromatic heterocycles. The molecule has 3 N–H and O–H groups in total. The van der Waals surface area contributed by atoms with Crippen molar-refractivity contribution in [3.8, 4) is 0 Å². The van der Waals surface area contributed by atoms with E-state index in [2.05, 4.69) is 11.4 Å². The van der Waals surface area contributed by atoms with Gasteiger partial charge in [-0.3, -0.25) is 4.79 Å². The van der Waals surface area contributed by atoms with Crippen molar-refractivity contribution in [3.05, 3.63) is 59.1 Å². The highest BCUT2D eigenvalue weighted by Crippen LogP contribution is 2.36. The minimum absolute atomic E-state index is 0.00655. The Hall–Kier alpha value is -2.93. The van der Waals surface area contributed by atoms with Crippen LogP contribution < -0.4 is 11.1 Å². The average molecular weight is 380 g/mol. The fourth-order valence-corrected chi connectivity index (χ4v) is 4.58. The van der Waals surface area contributed by atoms with Gasteiger partial charge >= 0.3 is 6.03 Å². The van der Waals surface area contributed by atoms with E-state index < -0.39 is 6.03 Å². The van der Waals surface area contributed by atoms with Gasteiger partial charge in [0.25, 0.3) is 5.91 Å². The van der Waals surface area contributed by atoms with E-state index in [-0.39, 0.29) is 11.9 Å². The van der Waals surface area contributed by atoms with Crippen molar-refractivity contribution in [3.63, 3.8) is 0 Å². The summed E-state index contributed by atoms with van der Waals surface area (Å²) in [4.78, 5) is 30.8. The van der Waals surface area contributed by atoms with Crippen LogP contribution in [0.25, 0.3) is 10.2 Å². The Morgan fingerprint density at radius 3 is 2.63 bits per heavy atom. The molecule has 27 heavy (non-hydrogen) atoms. The van der Waals surface area contributed by atoms with Gasteiger partial charge in [-0.15, -0.1) is 11.3 Å². The van der Waals surface area contributed by atoms with Crippen LogP contribution >= 0.6 is 11.3 Å². The molecule has 1 saturated heterocycles. The van der Waals surface area contributed by atoms with Gasteiger partial charge in [-0.25, -0.2) is 9.78 Å². The molecule has 0 radical (unpaired) electrons. The van der Waals surface area contributed by atoms with Gasteiger partial charge in [0.1, 0.15) is 5.01 Å². The van der Waals surface area contributed by atoms with Gasteiger partial charge in [-0.05, 0) is 55.7 Å². The number of urea groups is 1. The van der Waals surface area contributed by atoms with E-state index in [4.69, 9.17) is 10.7 Å². The third kappa shape index (κ3) is 3.64. The number of hydrogen-bond acceptors (Lipinski definition) is 4. The van der Waals surface area contributed by atoms with Crippen LogP contribution in [-0.4, -0.2) is 28.4 Å². The van der Waals surface area contributed by atoms with Crippen LogP contribution in [0.1, 0.15) is 40.7 Å². The number of carbonyl (C=O) groups excluding carboxylic acids is 2. The van der Waals surface area contributed by atoms with E-state index in [0.29, 0.717) is 11.3 Å². The summed E-state index contributed by atoms with van der Waals surface area (Å²) >= 11 is 1.66. The molecule has 1 atom stereocenters. The van der Waals surface area contributed by atoms with Crippen molar-refractivity contribution in [1.29, 1.82) is 0 Å². The molecular formula is C20H20N4O2S. The molecule has 1 fully saturated rings. The van der Waals surface area contributed by atoms with Gasteiger partial charge in [-0.1, -0.05) is 12.1 Å². The van der Waals surface area contributed by atoms with Gasteiger partial charge in [0, 0.05) is 17.8 Å². The second kappa shape index (κ2) is 7.36. The number of rotatable bonds is 3. The fourth-order valence-electron chi connectivity index (χ4n) is 3.47. The zero-order chi connectivity index (χ0) is 18.8. The lowest BCUT2D eigenvalue weighted by atomic mass is 10.0. The van der Waals surface area contributed by atoms with Crippen molar-refractivity contribution < 1.29 is 9.59 Å². The number of anilines is 1. The van der Waals surface area contributed by atoms with Crippen LogP contribution in [0, 0.1) is 0 Å². The van der Waals surface area contributed by atoms with Crippen LogP contribution in [0.2, 0.25) is 0 Å². The predicted octanol–water partition coefficient (Wildman–Crippen LogP) is 4.15. The van der Waals surface area contributed by atoms with Gasteiger partial charge in [0.05, 0.1) is 16.3 Å². The Bertz CT molecular complexity index is 950. The highest BCUT2D eigenvalue weighted by molar-refractivity contribution is 7.18. The summed E-state index contributed by atoms with van der Waals surface area (Å²) in [5.74, 6) is -0.00965. The van der Waals surface area contributed by atoms with Gasteiger partial charge < -0.3 is 16.0 Å². The number of thiazole rings is 1. The zero-order valence-electron chi connectivity index (χ0n) is 14.7. The van der Waals surface area contributed by atoms with E-state index in [9.17, 15) is 9.59 Å². The third-order valence-electron chi connectivity index (χ3n) is 4.76. The lowest BCUT2D eigenvalue weighted by Crippen LogP contribution is -2.38. The number of benzene rings is 2. The van der Waals surface area contributed by atoms with Crippen molar-refractivity contribution in [2.75, 3.05) is 11.9 Å². The minimum atomic E-state index is -0.624. The Morgan fingerprint density at radius 2 is 1.89 bits per heavy atom. The molecule has 0 saturated carbocycles. The fraction of sp³-hybridized carbons (Fsp3) is 0.250. The SMILES string of the molecule is NC(=O)Nc1ccc(C(=O)N2CCCCC2c2nc3ccccc3s2)cc1. The minimum Gasteiger partial charge on any atom is -0.351 e. The molecular weight excluding hydrogens is 360 g/mol. The van der Waals surface area contributed by atoms with Gasteiger partial charge in [-0.2, -0.15) is 0 Å². The highest BCUT2D eigenvalue weighted by Gasteiger charge is 2.30. The molecule has 4 rings (SSSR count). The van der Waals surface area contributed by atoms with Crippen LogP contribution in [0.15, 0.2) is 48.5 Å². The maximum atomic E-state index is 13.1. The second-order valence-corrected chi connectivity index (χ2v) is 7.66. The van der Waals surface area contributed by atoms with Gasteiger partial charge in [0.15, 0.2) is 0 Å². The first-order valence-electron chi connectivity index (χ1n) is 8.95. The number of likely N-dealkylation sites (tertiary alicyclic amines) is 1. The first-order valence-corrected chi connectivity index (χ1v) is 9.76. The van der Waals surface area contributed by atoms with Crippen molar-refractivity contribution in [1.82, 2.24) is 9.88 Å². The number of nitrogens with one attached hydrogen (secondary N) is 1. The van der Waals surface area contributed by atoms with Gasteiger partial charge in [0.2, 0.25) is 0 Å². The van der Waals surface area contributed by atoms with Crippen LogP contribution in [0.3, 0.4) is 0 Å². The number of para-hydroxylation sites is 1. The Morgan fingerprint density at radius 1 is 1.11 bits per heavy atom. The molecule has 1 aliphatic heterocycles. The number of carbonyl (C=O) groups is 2. The normalized spacial score (nSPS) is 17.0. The number of hydrogen-bond donors (Lipinski definition) is 2. The zero-order valence-corrected chi connectivity index (χ0v) is 15.5. The Kier molecular flexibility index (Phi) is 4.77. The Labute approximate surface area is 161 Å². The first-order chi connectivity index (χ1) is 13.1. The van der Waals surface area contributed by atoms with E-state index >= 15 is 0 Å². The molecule has 6 nitrogen and oxygen atoms in total. The molecule has 3 aromatic rings. The van der Waals surface area contributed by atoms with Crippen molar-refractivity contribution >= 4 is 39.2 Å². The van der Waals surface area contributed by atoms with Crippen LogP contribution in [-0.2, 0) is 0 Å². The summed E-state index contributed by atoms with van der Waals surface area (Å²) in [5.41, 5.74) is 7.27. The predicted molar refractivity (Wildman–Crippen MR) is 107 cm³/mol. The van der Waals surface area contributed by atoms with Crippen molar-refractivity contribution in [2.24, 2.45) is 5.73 Å². The van der Waals surface area contributed by atoms with E-state index in [1.54, 1.807) is 35.6 Å². The Balaban J connectivity index is 1.59. The van der Waals surface area contributed by atoms with Crippen molar-refractivity contribution in [2.45, 2.75) is 25.3 Å². The summed E-state index contributed by atoms with van der Waals surface area (Å²) in [6, 6.07) is 14.3. The molecule has 0 aliphatic carbocycles. The number of fused-ring (bicyclic) bond motifs is 1. The molecule has 1 unspecified atom stereocenters. The largest absolute Gasteiger partial charge is 0.351 e. The number of aromatic nitrogens is 1. The summed E-state index contributed by atoms with van der Waals surface area (Å²) in [7, 11) is 0. The number of piperidine rings is 1. The number of primary amides is 1. The third-order valence-corrected chi connectivity index (χ3v) is 5.90. The second-order valence-electron chi connectivity index (χ2n) is 6.60. The molecule has 3 amide bonds. The average Bonchev–Trinajstić information content (AvgIpc) is 3.12. The topological polar surface area (TPSA) is 88.3 Å². The van der Waals surface area contributed by atoms with Crippen LogP contribution in [0.4, 0.5) is 10.5 Å². The van der Waals surface area contributed by atoms with Crippen LogP contribution in [0.5, 0.6) is 0 Å². The first kappa shape index (κ1) is 17.5. The van der Waals surface area contributed by atoms with E-state index in [0.717, 1.165) is 41.0 Å². The number of amides is 3. The smallest absolute Gasteiger partial charge is 0.316 e.